The van der Waals surface area contributed by atoms with Crippen LogP contribution in [0.25, 0.3) is 0 Å². The first-order valence-corrected chi connectivity index (χ1v) is 13.1. The first kappa shape index (κ1) is 21.3. The van der Waals surface area contributed by atoms with Crippen LogP contribution < -0.4 is 0 Å². The summed E-state index contributed by atoms with van der Waals surface area (Å²) in [6, 6.07) is 0. The van der Waals surface area contributed by atoms with E-state index in [1.54, 1.807) is 5.57 Å². The molecular weight excluding hydrogens is 356 g/mol. The maximum absolute atomic E-state index is 4.84. The lowest BCUT2D eigenvalue weighted by atomic mass is 9.47. The van der Waals surface area contributed by atoms with Crippen LogP contribution in [-0.2, 0) is 0 Å². The summed E-state index contributed by atoms with van der Waals surface area (Å²) >= 11 is 4.84. The van der Waals surface area contributed by atoms with E-state index in [-0.39, 0.29) is 0 Å². The van der Waals surface area contributed by atoms with E-state index in [0.717, 1.165) is 35.5 Å². The monoisotopic (exact) mass is 402 g/mol. The molecule has 4 rings (SSSR count). The molecule has 0 heterocycles. The largest absolute Gasteiger partial charge is 0.176 e. The van der Waals surface area contributed by atoms with Gasteiger partial charge in [-0.1, -0.05) is 65.5 Å². The normalized spacial score (nSPS) is 46.5. The SMILES string of the molecule is CC(C)CCC[C@H](C)[C@@H]1CC[C@@H]2[C@@H]3CC=C4C[C@H](S)CC[C@@]4(C)[C@@H]3CC[C@@]21C. The fraction of sp³-hybridized carbons (Fsp3) is 0.926. The van der Waals surface area contributed by atoms with Gasteiger partial charge >= 0.3 is 0 Å². The zero-order valence-electron chi connectivity index (χ0n) is 19.3. The van der Waals surface area contributed by atoms with Crippen LogP contribution in [0.3, 0.4) is 0 Å². The minimum Gasteiger partial charge on any atom is -0.176 e. The van der Waals surface area contributed by atoms with Gasteiger partial charge in [-0.05, 0) is 97.7 Å². The summed E-state index contributed by atoms with van der Waals surface area (Å²) in [4.78, 5) is 0. The molecule has 0 spiro atoms. The summed E-state index contributed by atoms with van der Waals surface area (Å²) in [7, 11) is 0. The Morgan fingerprint density at radius 1 is 1.00 bits per heavy atom. The quantitative estimate of drug-likeness (QED) is 0.347. The molecule has 0 amide bonds. The number of allylic oxidation sites excluding steroid dienone is 2. The zero-order chi connectivity index (χ0) is 20.1. The average Bonchev–Trinajstić information content (AvgIpc) is 2.99. The molecule has 0 unspecified atom stereocenters. The predicted molar refractivity (Wildman–Crippen MR) is 126 cm³/mol. The molecule has 0 aromatic heterocycles. The van der Waals surface area contributed by atoms with Gasteiger partial charge in [0.1, 0.15) is 0 Å². The second-order valence-corrected chi connectivity index (χ2v) is 12.9. The highest BCUT2D eigenvalue weighted by atomic mass is 32.1. The van der Waals surface area contributed by atoms with Gasteiger partial charge in [0.05, 0.1) is 0 Å². The van der Waals surface area contributed by atoms with Crippen molar-refractivity contribution in [2.24, 2.45) is 46.3 Å². The highest BCUT2D eigenvalue weighted by Crippen LogP contribution is 2.67. The molecule has 0 aliphatic heterocycles. The van der Waals surface area contributed by atoms with Gasteiger partial charge in [-0.3, -0.25) is 0 Å². The summed E-state index contributed by atoms with van der Waals surface area (Å²) < 4.78 is 0. The molecule has 0 aromatic rings. The van der Waals surface area contributed by atoms with Gasteiger partial charge in [0.15, 0.2) is 0 Å². The van der Waals surface area contributed by atoms with E-state index >= 15 is 0 Å². The molecule has 3 fully saturated rings. The third kappa shape index (κ3) is 3.54. The van der Waals surface area contributed by atoms with E-state index in [0.29, 0.717) is 16.1 Å². The van der Waals surface area contributed by atoms with Crippen LogP contribution in [0, 0.1) is 46.3 Å². The van der Waals surface area contributed by atoms with E-state index in [1.165, 1.54) is 70.6 Å². The summed E-state index contributed by atoms with van der Waals surface area (Å²) in [6.45, 7) is 12.7. The maximum atomic E-state index is 4.84. The summed E-state index contributed by atoms with van der Waals surface area (Å²) in [5, 5.41) is 0.618. The zero-order valence-corrected chi connectivity index (χ0v) is 20.2. The lowest BCUT2D eigenvalue weighted by Crippen LogP contribution is -2.50. The van der Waals surface area contributed by atoms with E-state index in [4.69, 9.17) is 12.6 Å². The Bertz CT molecular complexity index is 591. The molecule has 1 heteroatoms. The van der Waals surface area contributed by atoms with Crippen molar-refractivity contribution in [2.75, 3.05) is 0 Å². The molecule has 4 aliphatic carbocycles. The number of thiol groups is 1. The fourth-order valence-electron chi connectivity index (χ4n) is 8.67. The molecular formula is C27H46S. The Morgan fingerprint density at radius 2 is 1.79 bits per heavy atom. The van der Waals surface area contributed by atoms with Gasteiger partial charge in [0, 0.05) is 5.25 Å². The highest BCUT2D eigenvalue weighted by molar-refractivity contribution is 7.80. The smallest absolute Gasteiger partial charge is 0.00545 e. The first-order valence-electron chi connectivity index (χ1n) is 12.6. The number of hydrogen-bond acceptors (Lipinski definition) is 1. The molecule has 0 radical (unpaired) electrons. The Morgan fingerprint density at radius 3 is 2.54 bits per heavy atom. The van der Waals surface area contributed by atoms with Crippen LogP contribution in [0.15, 0.2) is 11.6 Å². The molecule has 0 bridgehead atoms. The summed E-state index contributed by atoms with van der Waals surface area (Å²) in [5.74, 6) is 5.70. The number of rotatable bonds is 5. The molecule has 160 valence electrons. The molecule has 28 heavy (non-hydrogen) atoms. The maximum Gasteiger partial charge on any atom is 0.00545 e. The molecule has 3 saturated carbocycles. The van der Waals surface area contributed by atoms with Crippen LogP contribution in [0.4, 0.5) is 0 Å². The lowest BCUT2D eigenvalue weighted by Gasteiger charge is -2.58. The van der Waals surface area contributed by atoms with E-state index < -0.39 is 0 Å². The van der Waals surface area contributed by atoms with Crippen molar-refractivity contribution in [3.8, 4) is 0 Å². The van der Waals surface area contributed by atoms with Crippen molar-refractivity contribution in [3.63, 3.8) is 0 Å². The molecule has 0 saturated heterocycles. The highest BCUT2D eigenvalue weighted by Gasteiger charge is 2.58. The minimum atomic E-state index is 0.504. The van der Waals surface area contributed by atoms with Crippen LogP contribution in [-0.4, -0.2) is 5.25 Å². The van der Waals surface area contributed by atoms with Gasteiger partial charge in [0.25, 0.3) is 0 Å². The molecule has 4 aliphatic rings. The first-order chi connectivity index (χ1) is 13.3. The predicted octanol–water partition coefficient (Wildman–Crippen LogP) is 8.33. The molecule has 0 nitrogen and oxygen atoms in total. The van der Waals surface area contributed by atoms with Gasteiger partial charge in [-0.2, -0.15) is 12.6 Å². The van der Waals surface area contributed by atoms with Gasteiger partial charge in [-0.15, -0.1) is 0 Å². The third-order valence-corrected chi connectivity index (χ3v) is 10.7. The fourth-order valence-corrected chi connectivity index (χ4v) is 8.99. The van der Waals surface area contributed by atoms with Gasteiger partial charge in [-0.25, -0.2) is 0 Å². The molecule has 0 aromatic carbocycles. The second-order valence-electron chi connectivity index (χ2n) is 12.2. The van der Waals surface area contributed by atoms with Crippen molar-refractivity contribution in [3.05, 3.63) is 11.6 Å². The Kier molecular flexibility index (Phi) is 6.07. The van der Waals surface area contributed by atoms with Crippen molar-refractivity contribution < 1.29 is 0 Å². The molecule has 8 atom stereocenters. The summed E-state index contributed by atoms with van der Waals surface area (Å²) in [5.41, 5.74) is 2.92. The standard InChI is InChI=1S/C27H46S/c1-18(2)7-6-8-19(3)23-11-12-24-22-10-9-20-17-21(28)13-15-26(20,4)25(22)14-16-27(23,24)5/h9,18-19,21-25,28H,6-8,10-17H2,1-5H3/t19-,21+,22-,23-,24+,25+,26+,27+/m0/s1. The molecule has 0 N–H and O–H groups in total. The Balaban J connectivity index is 1.49. The van der Waals surface area contributed by atoms with Crippen LogP contribution in [0.5, 0.6) is 0 Å². The number of hydrogen-bond donors (Lipinski definition) is 1. The Labute approximate surface area is 181 Å². The van der Waals surface area contributed by atoms with Crippen molar-refractivity contribution in [2.45, 2.75) is 110 Å². The van der Waals surface area contributed by atoms with Crippen molar-refractivity contribution >= 4 is 12.6 Å². The van der Waals surface area contributed by atoms with E-state index in [2.05, 4.69) is 40.7 Å². The van der Waals surface area contributed by atoms with Gasteiger partial charge < -0.3 is 0 Å². The third-order valence-electron chi connectivity index (χ3n) is 10.3. The summed E-state index contributed by atoms with van der Waals surface area (Å²) in [6.07, 6.45) is 18.4. The lowest BCUT2D eigenvalue weighted by molar-refractivity contribution is -0.0497. The van der Waals surface area contributed by atoms with Gasteiger partial charge in [0.2, 0.25) is 0 Å². The van der Waals surface area contributed by atoms with E-state index in [1.807, 2.05) is 0 Å². The van der Waals surface area contributed by atoms with Crippen LogP contribution in [0.2, 0.25) is 0 Å². The minimum absolute atomic E-state index is 0.504. The van der Waals surface area contributed by atoms with Crippen LogP contribution >= 0.6 is 12.6 Å². The Hall–Kier alpha value is 0.0900. The topological polar surface area (TPSA) is 0 Å². The number of fused-ring (bicyclic) bond motifs is 5. The second kappa shape index (κ2) is 7.97. The van der Waals surface area contributed by atoms with Crippen molar-refractivity contribution in [1.29, 1.82) is 0 Å². The van der Waals surface area contributed by atoms with Crippen molar-refractivity contribution in [1.82, 2.24) is 0 Å². The average molecular weight is 403 g/mol. The van der Waals surface area contributed by atoms with E-state index in [9.17, 15) is 0 Å². The van der Waals surface area contributed by atoms with Crippen LogP contribution in [0.1, 0.15) is 105 Å².